The van der Waals surface area contributed by atoms with Gasteiger partial charge >= 0.3 is 12.0 Å². The van der Waals surface area contributed by atoms with E-state index in [-0.39, 0.29) is 11.6 Å². The first-order chi connectivity index (χ1) is 9.13. The van der Waals surface area contributed by atoms with Gasteiger partial charge in [-0.2, -0.15) is 11.8 Å². The number of carboxylic acid groups (broad SMARTS) is 1. The number of thioether (sulfide) groups is 1. The minimum absolute atomic E-state index is 0.170. The lowest BCUT2D eigenvalue weighted by molar-refractivity contribution is 0.0697. The zero-order valence-corrected chi connectivity index (χ0v) is 11.6. The topological polar surface area (TPSA) is 78.4 Å². The molecule has 0 saturated heterocycles. The molecule has 0 atom stereocenters. The standard InChI is InChI=1S/C13H18N2O3S/c1-19-9-8-15-13(18)14-7-6-10-2-4-11(5-3-10)12(16)17/h2-5H,6-9H2,1H3,(H,16,17)(H2,14,15,18). The number of nitrogens with one attached hydrogen (secondary N) is 2. The van der Waals surface area contributed by atoms with E-state index in [0.29, 0.717) is 19.5 Å². The molecule has 1 aromatic rings. The van der Waals surface area contributed by atoms with Crippen molar-refractivity contribution in [2.45, 2.75) is 6.42 Å². The zero-order chi connectivity index (χ0) is 14.1. The van der Waals surface area contributed by atoms with E-state index in [2.05, 4.69) is 10.6 Å². The molecule has 19 heavy (non-hydrogen) atoms. The highest BCUT2D eigenvalue weighted by atomic mass is 32.2. The van der Waals surface area contributed by atoms with Gasteiger partial charge < -0.3 is 15.7 Å². The van der Waals surface area contributed by atoms with Crippen molar-refractivity contribution in [2.75, 3.05) is 25.1 Å². The Hall–Kier alpha value is -1.69. The number of rotatable bonds is 7. The Morgan fingerprint density at radius 2 is 1.79 bits per heavy atom. The van der Waals surface area contributed by atoms with Crippen LogP contribution in [0.4, 0.5) is 4.79 Å². The summed E-state index contributed by atoms with van der Waals surface area (Å²) in [5.74, 6) is -0.0396. The van der Waals surface area contributed by atoms with Crippen LogP contribution in [0.15, 0.2) is 24.3 Å². The van der Waals surface area contributed by atoms with Crippen molar-refractivity contribution in [3.8, 4) is 0 Å². The van der Waals surface area contributed by atoms with Crippen LogP contribution in [0.3, 0.4) is 0 Å². The first-order valence-corrected chi connectivity index (χ1v) is 7.35. The molecular weight excluding hydrogens is 264 g/mol. The smallest absolute Gasteiger partial charge is 0.335 e. The van der Waals surface area contributed by atoms with E-state index in [9.17, 15) is 9.59 Å². The summed E-state index contributed by atoms with van der Waals surface area (Å²) in [7, 11) is 0. The maximum Gasteiger partial charge on any atom is 0.335 e. The molecule has 0 unspecified atom stereocenters. The van der Waals surface area contributed by atoms with Gasteiger partial charge in [-0.05, 0) is 30.4 Å². The number of carbonyl (C=O) groups excluding carboxylic acids is 1. The van der Waals surface area contributed by atoms with Crippen LogP contribution in [0.5, 0.6) is 0 Å². The van der Waals surface area contributed by atoms with Crippen molar-refractivity contribution in [3.05, 3.63) is 35.4 Å². The van der Waals surface area contributed by atoms with Gasteiger partial charge in [0.2, 0.25) is 0 Å². The normalized spacial score (nSPS) is 9.95. The molecule has 0 aliphatic rings. The molecule has 1 aromatic carbocycles. The lowest BCUT2D eigenvalue weighted by Gasteiger charge is -2.07. The molecule has 0 aromatic heterocycles. The molecule has 104 valence electrons. The van der Waals surface area contributed by atoms with Crippen LogP contribution in [0.2, 0.25) is 0 Å². The van der Waals surface area contributed by atoms with Crippen LogP contribution >= 0.6 is 11.8 Å². The third-order valence-corrected chi connectivity index (χ3v) is 3.10. The van der Waals surface area contributed by atoms with Crippen molar-refractivity contribution in [1.82, 2.24) is 10.6 Å². The molecule has 0 bridgehead atoms. The summed E-state index contributed by atoms with van der Waals surface area (Å²) in [5, 5.41) is 14.3. The largest absolute Gasteiger partial charge is 0.478 e. The highest BCUT2D eigenvalue weighted by Crippen LogP contribution is 2.04. The molecule has 3 N–H and O–H groups in total. The van der Waals surface area contributed by atoms with E-state index in [0.717, 1.165) is 11.3 Å². The molecule has 5 nitrogen and oxygen atoms in total. The number of aromatic carboxylic acids is 1. The third-order valence-electron chi connectivity index (χ3n) is 2.49. The van der Waals surface area contributed by atoms with Crippen molar-refractivity contribution >= 4 is 23.8 Å². The Balaban J connectivity index is 2.25. The summed E-state index contributed by atoms with van der Waals surface area (Å²) >= 11 is 1.68. The minimum atomic E-state index is -0.933. The number of carboxylic acids is 1. The molecule has 6 heteroatoms. The van der Waals surface area contributed by atoms with Gasteiger partial charge in [-0.1, -0.05) is 12.1 Å². The molecule has 1 rings (SSSR count). The fourth-order valence-corrected chi connectivity index (χ4v) is 1.77. The van der Waals surface area contributed by atoms with E-state index in [1.54, 1.807) is 36.0 Å². The molecular formula is C13H18N2O3S. The second kappa shape index (κ2) is 8.42. The molecule has 0 heterocycles. The van der Waals surface area contributed by atoms with Gasteiger partial charge in [0.15, 0.2) is 0 Å². The quantitative estimate of drug-likeness (QED) is 0.664. The summed E-state index contributed by atoms with van der Waals surface area (Å²) in [6, 6.07) is 6.48. The van der Waals surface area contributed by atoms with E-state index < -0.39 is 5.97 Å². The van der Waals surface area contributed by atoms with Crippen molar-refractivity contribution in [2.24, 2.45) is 0 Å². The Bertz CT molecular complexity index is 420. The lowest BCUT2D eigenvalue weighted by atomic mass is 10.1. The predicted molar refractivity (Wildman–Crippen MR) is 76.9 cm³/mol. The van der Waals surface area contributed by atoms with E-state index in [1.807, 2.05) is 6.26 Å². The van der Waals surface area contributed by atoms with Crippen molar-refractivity contribution in [3.63, 3.8) is 0 Å². The summed E-state index contributed by atoms with van der Waals surface area (Å²) in [6.07, 6.45) is 2.66. The first-order valence-electron chi connectivity index (χ1n) is 5.96. The number of carbonyl (C=O) groups is 2. The zero-order valence-electron chi connectivity index (χ0n) is 10.8. The van der Waals surface area contributed by atoms with Gasteiger partial charge in [0.1, 0.15) is 0 Å². The Morgan fingerprint density at radius 1 is 1.16 bits per heavy atom. The Kier molecular flexibility index (Phi) is 6.81. The highest BCUT2D eigenvalue weighted by Gasteiger charge is 2.02. The summed E-state index contributed by atoms with van der Waals surface area (Å²) in [6.45, 7) is 1.18. The average Bonchev–Trinajstić information content (AvgIpc) is 2.39. The highest BCUT2D eigenvalue weighted by molar-refractivity contribution is 7.98. The predicted octanol–water partition coefficient (Wildman–Crippen LogP) is 1.59. The number of urea groups is 1. The van der Waals surface area contributed by atoms with Crippen LogP contribution in [-0.2, 0) is 6.42 Å². The number of hydrogen-bond donors (Lipinski definition) is 3. The fourth-order valence-electron chi connectivity index (χ4n) is 1.46. The van der Waals surface area contributed by atoms with Gasteiger partial charge in [0.05, 0.1) is 5.56 Å². The van der Waals surface area contributed by atoms with Crippen molar-refractivity contribution in [1.29, 1.82) is 0 Å². The van der Waals surface area contributed by atoms with Gasteiger partial charge in [0, 0.05) is 18.8 Å². The fraction of sp³-hybridized carbons (Fsp3) is 0.385. The van der Waals surface area contributed by atoms with E-state index >= 15 is 0 Å². The average molecular weight is 282 g/mol. The Labute approximate surface area is 116 Å². The molecule has 0 spiro atoms. The van der Waals surface area contributed by atoms with E-state index in [4.69, 9.17) is 5.11 Å². The number of hydrogen-bond acceptors (Lipinski definition) is 3. The first kappa shape index (κ1) is 15.4. The SMILES string of the molecule is CSCCNC(=O)NCCc1ccc(C(=O)O)cc1. The maximum absolute atomic E-state index is 11.3. The van der Waals surface area contributed by atoms with E-state index in [1.165, 1.54) is 0 Å². The second-order valence-corrected chi connectivity index (χ2v) is 4.91. The number of amides is 2. The van der Waals surface area contributed by atoms with Crippen LogP contribution < -0.4 is 10.6 Å². The molecule has 0 radical (unpaired) electrons. The molecule has 0 saturated carbocycles. The van der Waals surface area contributed by atoms with Crippen molar-refractivity contribution < 1.29 is 14.7 Å². The molecule has 0 fully saturated rings. The van der Waals surface area contributed by atoms with Crippen LogP contribution in [0.1, 0.15) is 15.9 Å². The van der Waals surface area contributed by atoms with Gasteiger partial charge in [-0.25, -0.2) is 9.59 Å². The second-order valence-electron chi connectivity index (χ2n) is 3.93. The summed E-state index contributed by atoms with van der Waals surface area (Å²) in [4.78, 5) is 22.0. The number of benzene rings is 1. The van der Waals surface area contributed by atoms with Crippen LogP contribution in [-0.4, -0.2) is 42.2 Å². The monoisotopic (exact) mass is 282 g/mol. The molecule has 0 aliphatic carbocycles. The van der Waals surface area contributed by atoms with Gasteiger partial charge in [-0.15, -0.1) is 0 Å². The Morgan fingerprint density at radius 3 is 2.37 bits per heavy atom. The molecule has 2 amide bonds. The van der Waals surface area contributed by atoms with Gasteiger partial charge in [-0.3, -0.25) is 0 Å². The van der Waals surface area contributed by atoms with Gasteiger partial charge in [0.25, 0.3) is 0 Å². The third kappa shape index (κ3) is 6.15. The maximum atomic E-state index is 11.3. The molecule has 0 aliphatic heterocycles. The van der Waals surface area contributed by atoms with Crippen LogP contribution in [0.25, 0.3) is 0 Å². The summed E-state index contributed by atoms with van der Waals surface area (Å²) in [5.41, 5.74) is 1.26. The summed E-state index contributed by atoms with van der Waals surface area (Å²) < 4.78 is 0. The van der Waals surface area contributed by atoms with Crippen LogP contribution in [0, 0.1) is 0 Å². The minimum Gasteiger partial charge on any atom is -0.478 e. The lowest BCUT2D eigenvalue weighted by Crippen LogP contribution is -2.37.